The summed E-state index contributed by atoms with van der Waals surface area (Å²) in [6, 6.07) is 5.82. The van der Waals surface area contributed by atoms with Gasteiger partial charge in [-0.15, -0.1) is 0 Å². The van der Waals surface area contributed by atoms with Crippen LogP contribution in [0.4, 0.5) is 0 Å². The Morgan fingerprint density at radius 2 is 2.00 bits per heavy atom. The number of benzene rings is 1. The van der Waals surface area contributed by atoms with Crippen LogP contribution in [0.1, 0.15) is 31.7 Å². The standard InChI is InChI=1S/C19H23NO4/c1-2-14(4-6-19(22)20-9-7-16(21)8-10-20)11-15-3-5-17-18(12-15)24-13-23-17/h3-6,11-12,16,21H,2,7-10,13H2,1H3/b6-4+,14-11+. The summed E-state index contributed by atoms with van der Waals surface area (Å²) >= 11 is 0. The molecule has 5 heteroatoms. The number of carbonyl (C=O) groups is 1. The van der Waals surface area contributed by atoms with Crippen molar-refractivity contribution in [1.82, 2.24) is 4.90 Å². The highest BCUT2D eigenvalue weighted by Crippen LogP contribution is 2.33. The Morgan fingerprint density at radius 1 is 1.25 bits per heavy atom. The molecule has 0 radical (unpaired) electrons. The van der Waals surface area contributed by atoms with Gasteiger partial charge < -0.3 is 19.5 Å². The van der Waals surface area contributed by atoms with Gasteiger partial charge in [0, 0.05) is 19.2 Å². The van der Waals surface area contributed by atoms with Crippen LogP contribution in [0, 0.1) is 0 Å². The molecule has 0 aromatic heterocycles. The molecule has 1 amide bonds. The van der Waals surface area contributed by atoms with E-state index in [1.165, 1.54) is 0 Å². The van der Waals surface area contributed by atoms with E-state index in [0.29, 0.717) is 25.9 Å². The molecule has 0 spiro atoms. The Hall–Kier alpha value is -2.27. The number of carbonyl (C=O) groups excluding carboxylic acids is 1. The molecule has 24 heavy (non-hydrogen) atoms. The van der Waals surface area contributed by atoms with E-state index in [1.54, 1.807) is 11.0 Å². The highest BCUT2D eigenvalue weighted by atomic mass is 16.7. The number of fused-ring (bicyclic) bond motifs is 1. The SMILES string of the molecule is CCC(/C=C/C(=O)N1CCC(O)CC1)=C\c1ccc2c(c1)OCO2. The van der Waals surface area contributed by atoms with Crippen LogP contribution in [-0.2, 0) is 4.79 Å². The topological polar surface area (TPSA) is 59.0 Å². The van der Waals surface area contributed by atoms with Gasteiger partial charge in [-0.3, -0.25) is 4.79 Å². The summed E-state index contributed by atoms with van der Waals surface area (Å²) in [7, 11) is 0. The van der Waals surface area contributed by atoms with Crippen molar-refractivity contribution < 1.29 is 19.4 Å². The molecular formula is C19H23NO4. The number of likely N-dealkylation sites (tertiary alicyclic amines) is 1. The molecule has 1 aromatic rings. The number of nitrogens with zero attached hydrogens (tertiary/aromatic N) is 1. The van der Waals surface area contributed by atoms with Gasteiger partial charge in [-0.1, -0.05) is 25.1 Å². The molecule has 0 unspecified atom stereocenters. The van der Waals surface area contributed by atoms with Crippen molar-refractivity contribution in [2.75, 3.05) is 19.9 Å². The first-order valence-electron chi connectivity index (χ1n) is 8.41. The van der Waals surface area contributed by atoms with Crippen LogP contribution < -0.4 is 9.47 Å². The van der Waals surface area contributed by atoms with Crippen molar-refractivity contribution >= 4 is 12.0 Å². The lowest BCUT2D eigenvalue weighted by Crippen LogP contribution is -2.39. The summed E-state index contributed by atoms with van der Waals surface area (Å²) in [4.78, 5) is 14.0. The number of hydrogen-bond donors (Lipinski definition) is 1. The van der Waals surface area contributed by atoms with Crippen LogP contribution >= 0.6 is 0 Å². The molecule has 1 saturated heterocycles. The predicted molar refractivity (Wildman–Crippen MR) is 91.8 cm³/mol. The van der Waals surface area contributed by atoms with Crippen LogP contribution in [0.2, 0.25) is 0 Å². The minimum absolute atomic E-state index is 0.00642. The van der Waals surface area contributed by atoms with Gasteiger partial charge in [0.05, 0.1) is 6.10 Å². The van der Waals surface area contributed by atoms with E-state index in [0.717, 1.165) is 29.1 Å². The van der Waals surface area contributed by atoms with E-state index in [-0.39, 0.29) is 18.8 Å². The van der Waals surface area contributed by atoms with E-state index in [9.17, 15) is 9.90 Å². The van der Waals surface area contributed by atoms with Crippen LogP contribution in [0.5, 0.6) is 11.5 Å². The molecule has 0 saturated carbocycles. The monoisotopic (exact) mass is 329 g/mol. The highest BCUT2D eigenvalue weighted by Gasteiger charge is 2.19. The van der Waals surface area contributed by atoms with Crippen molar-refractivity contribution in [3.63, 3.8) is 0 Å². The van der Waals surface area contributed by atoms with E-state index < -0.39 is 0 Å². The summed E-state index contributed by atoms with van der Waals surface area (Å²) in [5, 5.41) is 9.51. The second-order valence-corrected chi connectivity index (χ2v) is 6.08. The average molecular weight is 329 g/mol. The lowest BCUT2D eigenvalue weighted by atomic mass is 10.1. The van der Waals surface area contributed by atoms with Gasteiger partial charge in [0.15, 0.2) is 11.5 Å². The highest BCUT2D eigenvalue weighted by molar-refractivity contribution is 5.88. The lowest BCUT2D eigenvalue weighted by molar-refractivity contribution is -0.127. The number of rotatable bonds is 4. The molecule has 3 rings (SSSR count). The summed E-state index contributed by atoms with van der Waals surface area (Å²) in [5.74, 6) is 1.53. The molecule has 5 nitrogen and oxygen atoms in total. The third kappa shape index (κ3) is 3.97. The minimum Gasteiger partial charge on any atom is -0.454 e. The number of allylic oxidation sites excluding steroid dienone is 2. The molecule has 1 aromatic carbocycles. The first kappa shape index (κ1) is 16.6. The predicted octanol–water partition coefficient (Wildman–Crippen LogP) is 2.75. The van der Waals surface area contributed by atoms with Gasteiger partial charge in [-0.2, -0.15) is 0 Å². The quantitative estimate of drug-likeness (QED) is 0.682. The molecule has 2 aliphatic heterocycles. The van der Waals surface area contributed by atoms with E-state index in [1.807, 2.05) is 30.4 Å². The number of aliphatic hydroxyl groups excluding tert-OH is 1. The maximum atomic E-state index is 12.2. The Labute approximate surface area is 142 Å². The smallest absolute Gasteiger partial charge is 0.246 e. The van der Waals surface area contributed by atoms with Crippen molar-refractivity contribution in [2.24, 2.45) is 0 Å². The molecule has 2 aliphatic rings. The van der Waals surface area contributed by atoms with Crippen LogP contribution in [-0.4, -0.2) is 41.9 Å². The number of piperidine rings is 1. The molecular weight excluding hydrogens is 306 g/mol. The molecule has 1 fully saturated rings. The summed E-state index contributed by atoms with van der Waals surface area (Å²) < 4.78 is 10.7. The number of amides is 1. The molecule has 0 aliphatic carbocycles. The molecule has 0 atom stereocenters. The van der Waals surface area contributed by atoms with Crippen molar-refractivity contribution in [3.05, 3.63) is 41.5 Å². The molecule has 2 heterocycles. The fourth-order valence-electron chi connectivity index (χ4n) is 2.85. The Balaban J connectivity index is 1.66. The Morgan fingerprint density at radius 3 is 2.75 bits per heavy atom. The zero-order valence-electron chi connectivity index (χ0n) is 13.9. The van der Waals surface area contributed by atoms with Gasteiger partial charge in [-0.05, 0) is 42.5 Å². The first-order chi connectivity index (χ1) is 11.7. The largest absolute Gasteiger partial charge is 0.454 e. The van der Waals surface area contributed by atoms with E-state index in [2.05, 4.69) is 6.92 Å². The maximum Gasteiger partial charge on any atom is 0.246 e. The van der Waals surface area contributed by atoms with Crippen molar-refractivity contribution in [3.8, 4) is 11.5 Å². The summed E-state index contributed by atoms with van der Waals surface area (Å²) in [5.41, 5.74) is 2.09. The molecule has 128 valence electrons. The summed E-state index contributed by atoms with van der Waals surface area (Å²) in [6.07, 6.45) is 7.43. The van der Waals surface area contributed by atoms with Crippen LogP contribution in [0.3, 0.4) is 0 Å². The number of aliphatic hydroxyl groups is 1. The van der Waals surface area contributed by atoms with Gasteiger partial charge in [0.2, 0.25) is 12.7 Å². The maximum absolute atomic E-state index is 12.2. The zero-order valence-corrected chi connectivity index (χ0v) is 13.9. The third-order valence-electron chi connectivity index (χ3n) is 4.37. The second-order valence-electron chi connectivity index (χ2n) is 6.08. The zero-order chi connectivity index (χ0) is 16.9. The van der Waals surface area contributed by atoms with Gasteiger partial charge in [-0.25, -0.2) is 0 Å². The average Bonchev–Trinajstić information content (AvgIpc) is 3.06. The fraction of sp³-hybridized carbons (Fsp3) is 0.421. The number of hydrogen-bond acceptors (Lipinski definition) is 4. The van der Waals surface area contributed by atoms with E-state index in [4.69, 9.17) is 9.47 Å². The van der Waals surface area contributed by atoms with Gasteiger partial charge in [0.25, 0.3) is 0 Å². The van der Waals surface area contributed by atoms with Crippen molar-refractivity contribution in [2.45, 2.75) is 32.3 Å². The first-order valence-corrected chi connectivity index (χ1v) is 8.41. The normalized spacial score (nSPS) is 18.4. The Bertz CT molecular complexity index is 657. The van der Waals surface area contributed by atoms with Gasteiger partial charge in [0.1, 0.15) is 0 Å². The van der Waals surface area contributed by atoms with E-state index >= 15 is 0 Å². The third-order valence-corrected chi connectivity index (χ3v) is 4.37. The van der Waals surface area contributed by atoms with Gasteiger partial charge >= 0.3 is 0 Å². The Kier molecular flexibility index (Phi) is 5.20. The number of ether oxygens (including phenoxy) is 2. The van der Waals surface area contributed by atoms with Crippen LogP contribution in [0.15, 0.2) is 35.9 Å². The van der Waals surface area contributed by atoms with Crippen LogP contribution in [0.25, 0.3) is 6.08 Å². The fourth-order valence-corrected chi connectivity index (χ4v) is 2.85. The molecule has 0 bridgehead atoms. The molecule has 1 N–H and O–H groups in total. The second kappa shape index (κ2) is 7.53. The summed E-state index contributed by atoms with van der Waals surface area (Å²) in [6.45, 7) is 3.57. The lowest BCUT2D eigenvalue weighted by Gasteiger charge is -2.28. The minimum atomic E-state index is -0.268. The van der Waals surface area contributed by atoms with Crippen molar-refractivity contribution in [1.29, 1.82) is 0 Å².